The van der Waals surface area contributed by atoms with Crippen molar-refractivity contribution in [1.29, 1.82) is 0 Å². The zero-order chi connectivity index (χ0) is 12.4. The summed E-state index contributed by atoms with van der Waals surface area (Å²) in [5.74, 6) is 0. The van der Waals surface area contributed by atoms with Crippen molar-refractivity contribution in [3.05, 3.63) is 47.5 Å². The minimum absolute atomic E-state index is 0.0958. The van der Waals surface area contributed by atoms with Gasteiger partial charge in [-0.3, -0.25) is 4.79 Å². The summed E-state index contributed by atoms with van der Waals surface area (Å²) < 4.78 is 0. The minimum Gasteiger partial charge on any atom is -0.332 e. The second-order valence-corrected chi connectivity index (χ2v) is 4.97. The lowest BCUT2D eigenvalue weighted by Gasteiger charge is -2.14. The van der Waals surface area contributed by atoms with Crippen molar-refractivity contribution in [2.75, 3.05) is 7.05 Å². The second-order valence-electron chi connectivity index (χ2n) is 4.29. The van der Waals surface area contributed by atoms with Crippen molar-refractivity contribution in [1.82, 2.24) is 4.90 Å². The number of rotatable bonds is 2. The number of fused-ring (bicyclic) bond motifs is 1. The highest BCUT2D eigenvalue weighted by atomic mass is 79.9. The summed E-state index contributed by atoms with van der Waals surface area (Å²) >= 11 is 2.94. The van der Waals surface area contributed by atoms with Crippen molar-refractivity contribution in [2.24, 2.45) is 0 Å². The third-order valence-electron chi connectivity index (χ3n) is 2.78. The van der Waals surface area contributed by atoms with Crippen LogP contribution in [0.5, 0.6) is 0 Å². The molecule has 1 amide bonds. The summed E-state index contributed by atoms with van der Waals surface area (Å²) in [5.41, 5.74) is 2.40. The zero-order valence-electron chi connectivity index (χ0n) is 9.90. The number of aryl methyl sites for hydroxylation is 1. The van der Waals surface area contributed by atoms with Crippen LogP contribution in [0.4, 0.5) is 4.79 Å². The zero-order valence-corrected chi connectivity index (χ0v) is 11.5. The molecular weight excluding hydrogens is 278 g/mol. The van der Waals surface area contributed by atoms with Crippen LogP contribution in [0, 0.1) is 6.92 Å². The minimum atomic E-state index is -0.0958. The normalized spacial score (nSPS) is 10.5. The van der Waals surface area contributed by atoms with Crippen LogP contribution in [0.1, 0.15) is 11.1 Å². The monoisotopic (exact) mass is 291 g/mol. The number of nitrogens with zero attached hydrogens (tertiary/aromatic N) is 1. The molecule has 0 saturated carbocycles. The molecule has 0 heterocycles. The molecule has 0 fully saturated rings. The number of halogens is 1. The Bertz CT molecular complexity index is 565. The fourth-order valence-corrected chi connectivity index (χ4v) is 1.97. The number of hydrogen-bond donors (Lipinski definition) is 0. The maximum atomic E-state index is 11.1. The molecule has 2 rings (SSSR count). The van der Waals surface area contributed by atoms with Crippen LogP contribution < -0.4 is 0 Å². The Balaban J connectivity index is 2.32. The molecule has 17 heavy (non-hydrogen) atoms. The lowest BCUT2D eigenvalue weighted by atomic mass is 10.0. The highest BCUT2D eigenvalue weighted by Crippen LogP contribution is 2.18. The molecule has 0 aliphatic rings. The van der Waals surface area contributed by atoms with E-state index in [1.807, 2.05) is 0 Å². The Morgan fingerprint density at radius 1 is 1.18 bits per heavy atom. The standard InChI is InChI=1S/C14H14BrNO/c1-10-3-5-13-8-11(4-6-12(13)7-10)9-16(2)14(15)17/h3-8H,9H2,1-2H3. The molecule has 0 aromatic heterocycles. The van der Waals surface area contributed by atoms with Crippen LogP contribution in [0.15, 0.2) is 36.4 Å². The first kappa shape index (κ1) is 12.1. The van der Waals surface area contributed by atoms with Crippen molar-refractivity contribution < 1.29 is 4.79 Å². The average molecular weight is 292 g/mol. The lowest BCUT2D eigenvalue weighted by Crippen LogP contribution is -2.19. The fourth-order valence-electron chi connectivity index (χ4n) is 1.85. The maximum absolute atomic E-state index is 11.1. The lowest BCUT2D eigenvalue weighted by molar-refractivity contribution is 0.233. The van der Waals surface area contributed by atoms with E-state index in [0.29, 0.717) is 6.54 Å². The van der Waals surface area contributed by atoms with Gasteiger partial charge in [-0.25, -0.2) is 0 Å². The topological polar surface area (TPSA) is 20.3 Å². The van der Waals surface area contributed by atoms with Crippen molar-refractivity contribution in [3.63, 3.8) is 0 Å². The molecule has 0 aliphatic heterocycles. The molecule has 0 aliphatic carbocycles. The van der Waals surface area contributed by atoms with E-state index in [1.54, 1.807) is 11.9 Å². The Labute approximate surface area is 109 Å². The van der Waals surface area contributed by atoms with Gasteiger partial charge in [-0.05, 0) is 29.3 Å². The smallest absolute Gasteiger partial charge is 0.289 e. The van der Waals surface area contributed by atoms with E-state index in [4.69, 9.17) is 0 Å². The van der Waals surface area contributed by atoms with E-state index in [1.165, 1.54) is 16.3 Å². The molecule has 0 unspecified atom stereocenters. The van der Waals surface area contributed by atoms with Crippen LogP contribution in [-0.2, 0) is 6.54 Å². The van der Waals surface area contributed by atoms with Crippen LogP contribution in [0.3, 0.4) is 0 Å². The predicted octanol–water partition coefficient (Wildman–Crippen LogP) is 4.09. The van der Waals surface area contributed by atoms with Crippen molar-refractivity contribution >= 4 is 31.5 Å². The molecule has 0 bridgehead atoms. The SMILES string of the molecule is Cc1ccc2cc(CN(C)C(=O)Br)ccc2c1. The molecule has 0 N–H and O–H groups in total. The third-order valence-corrected chi connectivity index (χ3v) is 3.39. The van der Waals surface area contributed by atoms with Gasteiger partial charge in [0.15, 0.2) is 0 Å². The third kappa shape index (κ3) is 2.86. The van der Waals surface area contributed by atoms with Crippen molar-refractivity contribution in [3.8, 4) is 0 Å². The van der Waals surface area contributed by atoms with E-state index in [2.05, 4.69) is 59.3 Å². The first-order valence-electron chi connectivity index (χ1n) is 5.46. The average Bonchev–Trinajstić information content (AvgIpc) is 2.29. The molecule has 3 heteroatoms. The summed E-state index contributed by atoms with van der Waals surface area (Å²) in [6.45, 7) is 2.71. The van der Waals surface area contributed by atoms with Gasteiger partial charge >= 0.3 is 0 Å². The van der Waals surface area contributed by atoms with Gasteiger partial charge in [0.2, 0.25) is 0 Å². The molecule has 2 aromatic carbocycles. The number of carbonyl (C=O) groups is 1. The fraction of sp³-hybridized carbons (Fsp3) is 0.214. The van der Waals surface area contributed by atoms with Crippen LogP contribution >= 0.6 is 15.9 Å². The van der Waals surface area contributed by atoms with Gasteiger partial charge in [-0.2, -0.15) is 0 Å². The second kappa shape index (κ2) is 4.88. The van der Waals surface area contributed by atoms with Crippen LogP contribution in [-0.4, -0.2) is 16.8 Å². The molecule has 0 saturated heterocycles. The van der Waals surface area contributed by atoms with Crippen LogP contribution in [0.2, 0.25) is 0 Å². The largest absolute Gasteiger partial charge is 0.332 e. The van der Waals surface area contributed by atoms with E-state index >= 15 is 0 Å². The number of carbonyl (C=O) groups excluding carboxylic acids is 1. The maximum Gasteiger partial charge on any atom is 0.289 e. The van der Waals surface area contributed by atoms with E-state index in [9.17, 15) is 4.79 Å². The molecule has 0 radical (unpaired) electrons. The highest BCUT2D eigenvalue weighted by molar-refractivity contribution is 9.18. The number of benzene rings is 2. The summed E-state index contributed by atoms with van der Waals surface area (Å²) in [4.78, 5) is 12.6. The summed E-state index contributed by atoms with van der Waals surface area (Å²) in [7, 11) is 1.77. The quantitative estimate of drug-likeness (QED) is 0.603. The highest BCUT2D eigenvalue weighted by Gasteiger charge is 2.05. The summed E-state index contributed by atoms with van der Waals surface area (Å²) in [6.07, 6.45) is 0. The van der Waals surface area contributed by atoms with E-state index < -0.39 is 0 Å². The van der Waals surface area contributed by atoms with E-state index in [-0.39, 0.29) is 4.82 Å². The first-order chi connectivity index (χ1) is 8.06. The number of amides is 1. The van der Waals surface area contributed by atoms with Gasteiger partial charge < -0.3 is 4.90 Å². The summed E-state index contributed by atoms with van der Waals surface area (Å²) in [5, 5.41) is 2.45. The Kier molecular flexibility index (Phi) is 3.48. The molecule has 0 spiro atoms. The molecule has 88 valence electrons. The van der Waals surface area contributed by atoms with Gasteiger partial charge in [-0.1, -0.05) is 35.9 Å². The van der Waals surface area contributed by atoms with Crippen LogP contribution in [0.25, 0.3) is 10.8 Å². The van der Waals surface area contributed by atoms with Gasteiger partial charge in [0.05, 0.1) is 0 Å². The van der Waals surface area contributed by atoms with Gasteiger partial charge in [-0.15, -0.1) is 0 Å². The van der Waals surface area contributed by atoms with Gasteiger partial charge in [0.25, 0.3) is 4.82 Å². The summed E-state index contributed by atoms with van der Waals surface area (Å²) in [6, 6.07) is 12.7. The Hall–Kier alpha value is -1.35. The Morgan fingerprint density at radius 3 is 2.53 bits per heavy atom. The predicted molar refractivity (Wildman–Crippen MR) is 74.5 cm³/mol. The molecule has 0 atom stereocenters. The van der Waals surface area contributed by atoms with E-state index in [0.717, 1.165) is 5.56 Å². The molecule has 2 nitrogen and oxygen atoms in total. The Morgan fingerprint density at radius 2 is 1.82 bits per heavy atom. The van der Waals surface area contributed by atoms with Gasteiger partial charge in [0.1, 0.15) is 0 Å². The molecule has 2 aromatic rings. The first-order valence-corrected chi connectivity index (χ1v) is 6.25. The number of hydrogen-bond acceptors (Lipinski definition) is 1. The van der Waals surface area contributed by atoms with Crippen molar-refractivity contribution in [2.45, 2.75) is 13.5 Å². The van der Waals surface area contributed by atoms with Gasteiger partial charge in [0, 0.05) is 29.5 Å². The molecular formula is C14H14BrNO.